The van der Waals surface area contributed by atoms with E-state index in [1.54, 1.807) is 19.2 Å². The second kappa shape index (κ2) is 6.84. The summed E-state index contributed by atoms with van der Waals surface area (Å²) in [6.45, 7) is 0.344. The van der Waals surface area contributed by atoms with E-state index in [9.17, 15) is 9.90 Å². The summed E-state index contributed by atoms with van der Waals surface area (Å²) in [6.07, 6.45) is 0. The van der Waals surface area contributed by atoms with Gasteiger partial charge in [-0.2, -0.15) is 0 Å². The maximum Gasteiger partial charge on any atom is 1.00 e. The Kier molecular flexibility index (Phi) is 6.57. The van der Waals surface area contributed by atoms with Gasteiger partial charge in [0.1, 0.15) is 12.5 Å². The van der Waals surface area contributed by atoms with Gasteiger partial charge >= 0.3 is 29.6 Å². The summed E-state index contributed by atoms with van der Waals surface area (Å²) in [5.41, 5.74) is 0.119. The fraction of sp³-hybridized carbons (Fsp3) is 0.222. The monoisotopic (exact) mass is 203 g/mol. The molecule has 0 amide bonds. The first-order chi connectivity index (χ1) is 6.24. The Bertz CT molecular complexity index is 304. The normalized spacial score (nSPS) is 8.93. The quantitative estimate of drug-likeness (QED) is 0.409. The van der Waals surface area contributed by atoms with Gasteiger partial charge in [0.25, 0.3) is 0 Å². The van der Waals surface area contributed by atoms with Crippen LogP contribution in [0.4, 0.5) is 0 Å². The van der Waals surface area contributed by atoms with Crippen LogP contribution in [-0.2, 0) is 0 Å². The second-order valence-corrected chi connectivity index (χ2v) is 2.46. The maximum absolute atomic E-state index is 10.4. The number of hydrogen-bond donors (Lipinski definition) is 1. The minimum atomic E-state index is -1.20. The molecule has 1 rings (SSSR count). The molecule has 5 heteroatoms. The van der Waals surface area contributed by atoms with E-state index in [1.807, 2.05) is 0 Å². The van der Waals surface area contributed by atoms with Crippen molar-refractivity contribution >= 4 is 5.97 Å². The van der Waals surface area contributed by atoms with E-state index in [4.69, 9.17) is 4.74 Å². The van der Waals surface area contributed by atoms with Crippen LogP contribution < -0.4 is 44.7 Å². The van der Waals surface area contributed by atoms with Crippen molar-refractivity contribution in [3.05, 3.63) is 29.8 Å². The molecule has 0 spiro atoms. The molecular formula is C9H10NNaO3. The molecule has 0 bridgehead atoms. The Morgan fingerprint density at radius 3 is 2.86 bits per heavy atom. The Labute approximate surface area is 105 Å². The van der Waals surface area contributed by atoms with Crippen molar-refractivity contribution in [2.45, 2.75) is 0 Å². The van der Waals surface area contributed by atoms with Crippen LogP contribution in [0.3, 0.4) is 0 Å². The minimum Gasteiger partial charge on any atom is -0.545 e. The molecule has 0 aliphatic rings. The third-order valence-corrected chi connectivity index (χ3v) is 1.45. The smallest absolute Gasteiger partial charge is 0.545 e. The number of ether oxygens (including phenoxy) is 1. The summed E-state index contributed by atoms with van der Waals surface area (Å²) in [4.78, 5) is 10.4. The van der Waals surface area contributed by atoms with Crippen LogP contribution in [0.25, 0.3) is 0 Å². The molecule has 0 atom stereocenters. The summed E-state index contributed by atoms with van der Waals surface area (Å²) in [6, 6.07) is 6.17. The van der Waals surface area contributed by atoms with Crippen LogP contribution in [0.5, 0.6) is 5.75 Å². The summed E-state index contributed by atoms with van der Waals surface area (Å²) < 4.78 is 5.14. The van der Waals surface area contributed by atoms with Crippen LogP contribution in [0, 0.1) is 0 Å². The van der Waals surface area contributed by atoms with Gasteiger partial charge in [-0.1, -0.05) is 12.1 Å². The molecule has 0 fully saturated rings. The maximum atomic E-state index is 10.4. The van der Waals surface area contributed by atoms with Gasteiger partial charge in [0.15, 0.2) is 0 Å². The minimum absolute atomic E-state index is 0. The Morgan fingerprint density at radius 1 is 1.57 bits per heavy atom. The number of carbonyl (C=O) groups is 1. The molecule has 0 heterocycles. The molecule has 0 aliphatic heterocycles. The number of carboxylic acids is 1. The van der Waals surface area contributed by atoms with E-state index in [1.165, 1.54) is 12.1 Å². The topological polar surface area (TPSA) is 61.4 Å². The standard InChI is InChI=1S/C9H11NO3.Na/c1-10-6-13-8-4-2-3-7(5-8)9(11)12;/h2-5,10H,6H2,1H3,(H,11,12);/q;+1/p-1. The van der Waals surface area contributed by atoms with Crippen LogP contribution >= 0.6 is 0 Å². The number of rotatable bonds is 4. The number of carbonyl (C=O) groups excluding carboxylic acids is 1. The fourth-order valence-corrected chi connectivity index (χ4v) is 0.868. The zero-order chi connectivity index (χ0) is 9.68. The molecule has 70 valence electrons. The molecule has 4 nitrogen and oxygen atoms in total. The fourth-order valence-electron chi connectivity index (χ4n) is 0.868. The predicted octanol–water partition coefficient (Wildman–Crippen LogP) is -3.39. The first kappa shape index (κ1) is 13.4. The van der Waals surface area contributed by atoms with E-state index in [-0.39, 0.29) is 35.1 Å². The largest absolute Gasteiger partial charge is 1.00 e. The Hall–Kier alpha value is -0.550. The van der Waals surface area contributed by atoms with Crippen molar-refractivity contribution in [2.75, 3.05) is 13.8 Å². The van der Waals surface area contributed by atoms with E-state index >= 15 is 0 Å². The van der Waals surface area contributed by atoms with Crippen LogP contribution in [0.15, 0.2) is 24.3 Å². The molecular weight excluding hydrogens is 193 g/mol. The van der Waals surface area contributed by atoms with Gasteiger partial charge in [-0.15, -0.1) is 0 Å². The molecule has 0 aliphatic carbocycles. The van der Waals surface area contributed by atoms with Crippen molar-refractivity contribution in [3.8, 4) is 5.75 Å². The van der Waals surface area contributed by atoms with Crippen LogP contribution in [-0.4, -0.2) is 19.7 Å². The van der Waals surface area contributed by atoms with Crippen LogP contribution in [0.2, 0.25) is 0 Å². The third-order valence-electron chi connectivity index (χ3n) is 1.45. The molecule has 0 saturated heterocycles. The zero-order valence-electron chi connectivity index (χ0n) is 8.24. The van der Waals surface area contributed by atoms with Gasteiger partial charge in [-0.25, -0.2) is 0 Å². The van der Waals surface area contributed by atoms with Gasteiger partial charge in [0, 0.05) is 5.56 Å². The van der Waals surface area contributed by atoms with Crippen molar-refractivity contribution in [1.29, 1.82) is 0 Å². The van der Waals surface area contributed by atoms with Crippen molar-refractivity contribution in [2.24, 2.45) is 0 Å². The van der Waals surface area contributed by atoms with Gasteiger partial charge in [-0.3, -0.25) is 5.32 Å². The summed E-state index contributed by atoms with van der Waals surface area (Å²) in [5.74, 6) is -0.689. The molecule has 1 aromatic carbocycles. The Balaban J connectivity index is 0.00000169. The average molecular weight is 203 g/mol. The second-order valence-electron chi connectivity index (χ2n) is 2.46. The molecule has 1 N–H and O–H groups in total. The SMILES string of the molecule is CNCOc1cccc(C(=O)[O-])c1.[Na+]. The van der Waals surface area contributed by atoms with E-state index < -0.39 is 5.97 Å². The molecule has 14 heavy (non-hydrogen) atoms. The molecule has 0 aromatic heterocycles. The first-order valence-corrected chi connectivity index (χ1v) is 3.83. The molecule has 0 saturated carbocycles. The van der Waals surface area contributed by atoms with Gasteiger partial charge < -0.3 is 14.6 Å². The number of nitrogens with one attached hydrogen (secondary N) is 1. The summed E-state index contributed by atoms with van der Waals surface area (Å²) in [7, 11) is 1.74. The number of aromatic carboxylic acids is 1. The van der Waals surface area contributed by atoms with E-state index in [0.29, 0.717) is 12.5 Å². The number of benzene rings is 1. The van der Waals surface area contributed by atoms with Gasteiger partial charge in [0.05, 0.1) is 5.97 Å². The summed E-state index contributed by atoms with van der Waals surface area (Å²) >= 11 is 0. The predicted molar refractivity (Wildman–Crippen MR) is 45.3 cm³/mol. The van der Waals surface area contributed by atoms with Crippen molar-refractivity contribution in [1.82, 2.24) is 5.32 Å². The van der Waals surface area contributed by atoms with Crippen molar-refractivity contribution < 1.29 is 44.2 Å². The van der Waals surface area contributed by atoms with Gasteiger partial charge in [-0.05, 0) is 19.2 Å². The van der Waals surface area contributed by atoms with E-state index in [0.717, 1.165) is 0 Å². The number of carboxylic acid groups (broad SMARTS) is 1. The Morgan fingerprint density at radius 2 is 2.29 bits per heavy atom. The van der Waals surface area contributed by atoms with Crippen LogP contribution in [0.1, 0.15) is 10.4 Å². The molecule has 0 unspecified atom stereocenters. The third kappa shape index (κ3) is 4.11. The average Bonchev–Trinajstić information content (AvgIpc) is 2.15. The first-order valence-electron chi connectivity index (χ1n) is 3.83. The molecule has 0 radical (unpaired) electrons. The van der Waals surface area contributed by atoms with Crippen molar-refractivity contribution in [3.63, 3.8) is 0 Å². The molecule has 1 aromatic rings. The number of hydrogen-bond acceptors (Lipinski definition) is 4. The van der Waals surface area contributed by atoms with E-state index in [2.05, 4.69) is 5.32 Å². The zero-order valence-corrected chi connectivity index (χ0v) is 10.2. The summed E-state index contributed by atoms with van der Waals surface area (Å²) in [5, 5.41) is 13.2. The van der Waals surface area contributed by atoms with Gasteiger partial charge in [0.2, 0.25) is 0 Å².